The van der Waals surface area contributed by atoms with Crippen LogP contribution in [0.15, 0.2) is 17.0 Å². The first kappa shape index (κ1) is 13.3. The SMILES string of the molecule is O=S(=O)(c1cc(F)c(F)cc1F)N1CC[C@H](O)C1. The van der Waals surface area contributed by atoms with E-state index in [4.69, 9.17) is 0 Å². The molecule has 0 amide bonds. The fraction of sp³-hybridized carbons (Fsp3) is 0.400. The number of benzene rings is 1. The lowest BCUT2D eigenvalue weighted by atomic mass is 10.3. The van der Waals surface area contributed by atoms with Crippen LogP contribution >= 0.6 is 0 Å². The second kappa shape index (κ2) is 4.52. The van der Waals surface area contributed by atoms with Crippen molar-refractivity contribution in [1.29, 1.82) is 0 Å². The molecule has 4 nitrogen and oxygen atoms in total. The summed E-state index contributed by atoms with van der Waals surface area (Å²) in [6, 6.07) is 0.499. The largest absolute Gasteiger partial charge is 0.392 e. The Bertz CT molecular complexity index is 576. The van der Waals surface area contributed by atoms with E-state index in [0.717, 1.165) is 4.31 Å². The average Bonchev–Trinajstić information content (AvgIpc) is 2.70. The molecular weight excluding hydrogens is 271 g/mol. The second-order valence-corrected chi connectivity index (χ2v) is 5.91. The fourth-order valence-corrected chi connectivity index (χ4v) is 3.32. The van der Waals surface area contributed by atoms with Gasteiger partial charge in [-0.25, -0.2) is 21.6 Å². The van der Waals surface area contributed by atoms with Crippen LogP contribution in [0.2, 0.25) is 0 Å². The van der Waals surface area contributed by atoms with Crippen molar-refractivity contribution >= 4 is 10.0 Å². The van der Waals surface area contributed by atoms with Gasteiger partial charge in [0.1, 0.15) is 10.7 Å². The number of halogens is 3. The molecule has 1 saturated heterocycles. The Hall–Kier alpha value is -1.12. The van der Waals surface area contributed by atoms with E-state index < -0.39 is 38.5 Å². The third kappa shape index (κ3) is 2.23. The standard InChI is InChI=1S/C10H10F3NO3S/c11-7-3-9(13)10(4-8(7)12)18(16,17)14-2-1-6(15)5-14/h3-4,6,15H,1-2,5H2/t6-/m0/s1. The lowest BCUT2D eigenvalue weighted by molar-refractivity contribution is 0.189. The van der Waals surface area contributed by atoms with Crippen LogP contribution in [0, 0.1) is 17.5 Å². The molecule has 1 N–H and O–H groups in total. The van der Waals surface area contributed by atoms with E-state index in [-0.39, 0.29) is 25.6 Å². The zero-order chi connectivity index (χ0) is 13.5. The first-order valence-electron chi connectivity index (χ1n) is 5.15. The van der Waals surface area contributed by atoms with Crippen LogP contribution in [-0.4, -0.2) is 37.0 Å². The molecule has 0 unspecified atom stereocenters. The molecule has 0 spiro atoms. The molecule has 0 aliphatic carbocycles. The Labute approximate surface area is 102 Å². The van der Waals surface area contributed by atoms with Crippen LogP contribution < -0.4 is 0 Å². The molecule has 1 aromatic rings. The maximum atomic E-state index is 13.4. The number of hydrogen-bond donors (Lipinski definition) is 1. The summed E-state index contributed by atoms with van der Waals surface area (Å²) in [5.74, 6) is -4.24. The average molecular weight is 281 g/mol. The molecule has 2 rings (SSSR count). The van der Waals surface area contributed by atoms with Gasteiger partial charge in [-0.1, -0.05) is 0 Å². The van der Waals surface area contributed by atoms with E-state index in [1.807, 2.05) is 0 Å². The maximum Gasteiger partial charge on any atom is 0.246 e. The smallest absolute Gasteiger partial charge is 0.246 e. The number of β-amino-alcohol motifs (C(OH)–C–C–N with tert-alkyl or cyclic N) is 1. The van der Waals surface area contributed by atoms with E-state index in [0.29, 0.717) is 6.07 Å². The molecule has 100 valence electrons. The molecule has 0 saturated carbocycles. The maximum absolute atomic E-state index is 13.4. The predicted octanol–water partition coefficient (Wildman–Crippen LogP) is 0.859. The minimum absolute atomic E-state index is 0.0158. The lowest BCUT2D eigenvalue weighted by Crippen LogP contribution is -2.30. The number of aliphatic hydroxyl groups excluding tert-OH is 1. The van der Waals surface area contributed by atoms with Crippen LogP contribution in [-0.2, 0) is 10.0 Å². The van der Waals surface area contributed by atoms with Gasteiger partial charge in [-0.3, -0.25) is 0 Å². The predicted molar refractivity (Wildman–Crippen MR) is 55.7 cm³/mol. The topological polar surface area (TPSA) is 57.6 Å². The van der Waals surface area contributed by atoms with Crippen molar-refractivity contribution in [2.45, 2.75) is 17.4 Å². The zero-order valence-electron chi connectivity index (χ0n) is 9.11. The molecule has 18 heavy (non-hydrogen) atoms. The van der Waals surface area contributed by atoms with Crippen LogP contribution in [0.25, 0.3) is 0 Å². The van der Waals surface area contributed by atoms with Gasteiger partial charge in [-0.2, -0.15) is 4.31 Å². The number of rotatable bonds is 2. The van der Waals surface area contributed by atoms with Crippen LogP contribution in [0.3, 0.4) is 0 Å². The van der Waals surface area contributed by atoms with E-state index >= 15 is 0 Å². The third-order valence-corrected chi connectivity index (χ3v) is 4.60. The van der Waals surface area contributed by atoms with Gasteiger partial charge in [-0.05, 0) is 12.5 Å². The van der Waals surface area contributed by atoms with E-state index in [2.05, 4.69) is 0 Å². The Morgan fingerprint density at radius 1 is 1.17 bits per heavy atom. The number of hydrogen-bond acceptors (Lipinski definition) is 3. The van der Waals surface area contributed by atoms with Crippen LogP contribution in [0.1, 0.15) is 6.42 Å². The van der Waals surface area contributed by atoms with Crippen molar-refractivity contribution in [3.63, 3.8) is 0 Å². The molecule has 1 aliphatic heterocycles. The molecule has 8 heteroatoms. The van der Waals surface area contributed by atoms with Crippen LogP contribution in [0.4, 0.5) is 13.2 Å². The van der Waals surface area contributed by atoms with E-state index in [1.165, 1.54) is 0 Å². The molecule has 1 heterocycles. The van der Waals surface area contributed by atoms with Gasteiger partial charge in [0.25, 0.3) is 0 Å². The van der Waals surface area contributed by atoms with Gasteiger partial charge in [-0.15, -0.1) is 0 Å². The molecule has 0 bridgehead atoms. The van der Waals surface area contributed by atoms with Gasteiger partial charge in [0.15, 0.2) is 11.6 Å². The first-order chi connectivity index (χ1) is 8.32. The molecule has 0 aromatic heterocycles. The number of nitrogens with zero attached hydrogens (tertiary/aromatic N) is 1. The van der Waals surface area contributed by atoms with E-state index in [1.54, 1.807) is 0 Å². The van der Waals surface area contributed by atoms with Crippen molar-refractivity contribution in [2.24, 2.45) is 0 Å². The Morgan fingerprint density at radius 3 is 2.33 bits per heavy atom. The number of sulfonamides is 1. The lowest BCUT2D eigenvalue weighted by Gasteiger charge is -2.16. The van der Waals surface area contributed by atoms with Crippen LogP contribution in [0.5, 0.6) is 0 Å². The van der Waals surface area contributed by atoms with Crippen molar-refractivity contribution in [2.75, 3.05) is 13.1 Å². The third-order valence-electron chi connectivity index (χ3n) is 2.72. The van der Waals surface area contributed by atoms with Gasteiger partial charge < -0.3 is 5.11 Å². The Kier molecular flexibility index (Phi) is 3.35. The molecule has 1 aromatic carbocycles. The summed E-state index contributed by atoms with van der Waals surface area (Å²) in [6.07, 6.45) is -0.599. The van der Waals surface area contributed by atoms with Crippen molar-refractivity contribution in [1.82, 2.24) is 4.31 Å². The highest BCUT2D eigenvalue weighted by Gasteiger charge is 2.34. The normalized spacial score (nSPS) is 21.4. The summed E-state index contributed by atoms with van der Waals surface area (Å²) in [7, 11) is -4.25. The van der Waals surface area contributed by atoms with Gasteiger partial charge >= 0.3 is 0 Å². The summed E-state index contributed by atoms with van der Waals surface area (Å²) >= 11 is 0. The second-order valence-electron chi connectivity index (χ2n) is 4.00. The molecule has 0 radical (unpaired) electrons. The highest BCUT2D eigenvalue weighted by atomic mass is 32.2. The number of aliphatic hydroxyl groups is 1. The van der Waals surface area contributed by atoms with Crippen molar-refractivity contribution in [3.05, 3.63) is 29.6 Å². The van der Waals surface area contributed by atoms with E-state index in [9.17, 15) is 26.7 Å². The quantitative estimate of drug-likeness (QED) is 0.818. The van der Waals surface area contributed by atoms with Gasteiger partial charge in [0.05, 0.1) is 6.10 Å². The minimum atomic E-state index is -4.25. The van der Waals surface area contributed by atoms with Crippen molar-refractivity contribution < 1.29 is 26.7 Å². The molecule has 1 fully saturated rings. The zero-order valence-corrected chi connectivity index (χ0v) is 9.92. The highest BCUT2D eigenvalue weighted by molar-refractivity contribution is 7.89. The first-order valence-corrected chi connectivity index (χ1v) is 6.59. The molecular formula is C10H10F3NO3S. The summed E-state index contributed by atoms with van der Waals surface area (Å²) < 4.78 is 63.8. The summed E-state index contributed by atoms with van der Waals surface area (Å²) in [4.78, 5) is -0.921. The fourth-order valence-electron chi connectivity index (χ4n) is 1.77. The summed E-state index contributed by atoms with van der Waals surface area (Å²) in [5, 5.41) is 9.24. The summed E-state index contributed by atoms with van der Waals surface area (Å²) in [5.41, 5.74) is 0. The molecule has 1 aliphatic rings. The highest BCUT2D eigenvalue weighted by Crippen LogP contribution is 2.25. The Morgan fingerprint density at radius 2 is 1.78 bits per heavy atom. The Balaban J connectivity index is 2.45. The van der Waals surface area contributed by atoms with Gasteiger partial charge in [0.2, 0.25) is 10.0 Å². The van der Waals surface area contributed by atoms with Gasteiger partial charge in [0, 0.05) is 19.2 Å². The van der Waals surface area contributed by atoms with Crippen molar-refractivity contribution in [3.8, 4) is 0 Å². The summed E-state index contributed by atoms with van der Waals surface area (Å²) in [6.45, 7) is -0.164. The minimum Gasteiger partial charge on any atom is -0.392 e. The monoisotopic (exact) mass is 281 g/mol. The molecule has 1 atom stereocenters.